The number of amides is 2. The molecule has 2 aromatic carbocycles. The lowest BCUT2D eigenvalue weighted by atomic mass is 9.79. The van der Waals surface area contributed by atoms with Gasteiger partial charge >= 0.3 is 0 Å². The van der Waals surface area contributed by atoms with Crippen molar-refractivity contribution in [2.24, 2.45) is 5.41 Å². The Bertz CT molecular complexity index is 1330. The van der Waals surface area contributed by atoms with Gasteiger partial charge in [-0.2, -0.15) is 0 Å². The number of benzene rings is 2. The number of rotatable bonds is 4. The van der Waals surface area contributed by atoms with Crippen LogP contribution < -0.4 is 10.2 Å². The van der Waals surface area contributed by atoms with E-state index in [0.717, 1.165) is 63.8 Å². The highest BCUT2D eigenvalue weighted by molar-refractivity contribution is 6.33. The van der Waals surface area contributed by atoms with Gasteiger partial charge < -0.3 is 15.1 Å². The second-order valence-corrected chi connectivity index (χ2v) is 11.1. The van der Waals surface area contributed by atoms with E-state index in [4.69, 9.17) is 11.6 Å². The number of aryl methyl sites for hydroxylation is 1. The Morgan fingerprint density at radius 1 is 1.00 bits per heavy atom. The normalized spacial score (nSPS) is 22.8. The zero-order valence-corrected chi connectivity index (χ0v) is 21.6. The topological polar surface area (TPSA) is 65.5 Å². The van der Waals surface area contributed by atoms with E-state index in [9.17, 15) is 9.59 Å². The van der Waals surface area contributed by atoms with E-state index in [2.05, 4.69) is 33.4 Å². The van der Waals surface area contributed by atoms with Gasteiger partial charge in [-0.25, -0.2) is 0 Å². The first-order valence-electron chi connectivity index (χ1n) is 13.1. The number of carbonyl (C=O) groups is 2. The summed E-state index contributed by atoms with van der Waals surface area (Å²) in [5.74, 6) is -0.0922. The third-order valence-corrected chi connectivity index (χ3v) is 8.64. The number of hydrogen-bond donors (Lipinski definition) is 1. The van der Waals surface area contributed by atoms with E-state index in [1.165, 1.54) is 11.3 Å². The third kappa shape index (κ3) is 4.71. The smallest absolute Gasteiger partial charge is 0.253 e. The second kappa shape index (κ2) is 9.82. The van der Waals surface area contributed by atoms with Gasteiger partial charge in [-0.3, -0.25) is 14.6 Å². The van der Waals surface area contributed by atoms with E-state index in [-0.39, 0.29) is 23.3 Å². The molecule has 3 aliphatic rings. The maximum Gasteiger partial charge on any atom is 0.253 e. The van der Waals surface area contributed by atoms with Crippen LogP contribution in [0.15, 0.2) is 67.0 Å². The molecule has 2 fully saturated rings. The molecule has 2 amide bonds. The standard InChI is InChI=1S/C30H31ClN4O2/c31-26-5-2-1-4-24(26)28(36)33-27-9-8-21-6-7-22(18-25(21)27)29(37)35-16-3-12-30(20-35)13-17-34(19-30)23-10-14-32-15-11-23/h1-2,4-7,10-11,14-15,18,27H,3,8-9,12-13,16-17,19-20H2,(H,33,36)/t27-,30?/m1/s1. The van der Waals surface area contributed by atoms with Gasteiger partial charge in [-0.1, -0.05) is 29.8 Å². The lowest BCUT2D eigenvalue weighted by Crippen LogP contribution is -2.47. The van der Waals surface area contributed by atoms with Crippen LogP contribution in [-0.2, 0) is 6.42 Å². The molecule has 6 nitrogen and oxygen atoms in total. The van der Waals surface area contributed by atoms with Crippen LogP contribution in [0.3, 0.4) is 0 Å². The summed E-state index contributed by atoms with van der Waals surface area (Å²) in [5, 5.41) is 3.58. The predicted molar refractivity (Wildman–Crippen MR) is 145 cm³/mol. The molecule has 7 heteroatoms. The molecule has 1 unspecified atom stereocenters. The number of fused-ring (bicyclic) bond motifs is 1. The second-order valence-electron chi connectivity index (χ2n) is 10.7. The van der Waals surface area contributed by atoms with Gasteiger partial charge in [0.2, 0.25) is 0 Å². The number of piperidine rings is 1. The Kier molecular flexibility index (Phi) is 6.37. The van der Waals surface area contributed by atoms with Crippen molar-refractivity contribution in [1.29, 1.82) is 0 Å². The highest BCUT2D eigenvalue weighted by Crippen LogP contribution is 2.41. The average molecular weight is 515 g/mol. The SMILES string of the molecule is O=C(N[C@@H]1CCc2ccc(C(=O)N3CCCC4(CCN(c5ccncc5)C4)C3)cc21)c1ccccc1Cl. The van der Waals surface area contributed by atoms with Crippen LogP contribution in [0.4, 0.5) is 5.69 Å². The summed E-state index contributed by atoms with van der Waals surface area (Å²) in [4.78, 5) is 35.2. The average Bonchev–Trinajstić information content (AvgIpc) is 3.53. The molecule has 2 saturated heterocycles. The minimum absolute atomic E-state index is 0.0901. The number of nitrogens with zero attached hydrogens (tertiary/aromatic N) is 3. The summed E-state index contributed by atoms with van der Waals surface area (Å²) in [6.45, 7) is 3.57. The Balaban J connectivity index is 1.16. The Morgan fingerprint density at radius 2 is 1.84 bits per heavy atom. The number of halogens is 1. The maximum atomic E-state index is 13.7. The molecule has 1 spiro atoms. The van der Waals surface area contributed by atoms with Gasteiger partial charge in [0.25, 0.3) is 11.8 Å². The van der Waals surface area contributed by atoms with E-state index < -0.39 is 0 Å². The van der Waals surface area contributed by atoms with Crippen LogP contribution in [0.2, 0.25) is 5.02 Å². The van der Waals surface area contributed by atoms with Gasteiger partial charge in [-0.05, 0) is 79.6 Å². The molecule has 1 aromatic heterocycles. The summed E-state index contributed by atoms with van der Waals surface area (Å²) in [6.07, 6.45) is 8.66. The van der Waals surface area contributed by atoms with Gasteiger partial charge in [0, 0.05) is 55.2 Å². The van der Waals surface area contributed by atoms with Crippen molar-refractivity contribution in [3.63, 3.8) is 0 Å². The molecule has 190 valence electrons. The fraction of sp³-hybridized carbons (Fsp3) is 0.367. The molecule has 0 saturated carbocycles. The van der Waals surface area contributed by atoms with Crippen molar-refractivity contribution in [2.45, 2.75) is 38.1 Å². The number of aromatic nitrogens is 1. The number of carbonyl (C=O) groups excluding carboxylic acids is 2. The van der Waals surface area contributed by atoms with E-state index in [1.807, 2.05) is 41.6 Å². The zero-order chi connectivity index (χ0) is 25.4. The molecule has 2 aliphatic heterocycles. The monoisotopic (exact) mass is 514 g/mol. The molecular formula is C30H31ClN4O2. The van der Waals surface area contributed by atoms with Gasteiger partial charge in [0.15, 0.2) is 0 Å². The predicted octanol–water partition coefficient (Wildman–Crippen LogP) is 5.29. The van der Waals surface area contributed by atoms with Crippen LogP contribution in [0.5, 0.6) is 0 Å². The molecule has 1 aliphatic carbocycles. The van der Waals surface area contributed by atoms with Crippen molar-refractivity contribution in [2.75, 3.05) is 31.1 Å². The van der Waals surface area contributed by atoms with Crippen molar-refractivity contribution in [3.05, 3.63) is 94.3 Å². The number of hydrogen-bond acceptors (Lipinski definition) is 4. The summed E-state index contributed by atoms with van der Waals surface area (Å²) in [5.41, 5.74) is 4.76. The minimum atomic E-state index is -0.182. The number of likely N-dealkylation sites (tertiary alicyclic amines) is 1. The van der Waals surface area contributed by atoms with Crippen LogP contribution in [0.1, 0.15) is 63.6 Å². The largest absolute Gasteiger partial charge is 0.371 e. The zero-order valence-electron chi connectivity index (χ0n) is 20.8. The van der Waals surface area contributed by atoms with Crippen molar-refractivity contribution >= 4 is 29.1 Å². The first-order valence-corrected chi connectivity index (χ1v) is 13.5. The van der Waals surface area contributed by atoms with E-state index in [1.54, 1.807) is 12.1 Å². The minimum Gasteiger partial charge on any atom is -0.371 e. The van der Waals surface area contributed by atoms with Gasteiger partial charge in [0.05, 0.1) is 16.6 Å². The number of nitrogens with one attached hydrogen (secondary N) is 1. The molecular weight excluding hydrogens is 484 g/mol. The molecule has 3 aromatic rings. The summed E-state index contributed by atoms with van der Waals surface area (Å²) >= 11 is 6.24. The van der Waals surface area contributed by atoms with Crippen LogP contribution in [0, 0.1) is 5.41 Å². The highest BCUT2D eigenvalue weighted by Gasteiger charge is 2.42. The highest BCUT2D eigenvalue weighted by atomic mass is 35.5. The number of pyridine rings is 1. The van der Waals surface area contributed by atoms with Crippen molar-refractivity contribution < 1.29 is 9.59 Å². The third-order valence-electron chi connectivity index (χ3n) is 8.31. The maximum absolute atomic E-state index is 13.7. The molecule has 6 rings (SSSR count). The Labute approximate surface area is 222 Å². The lowest BCUT2D eigenvalue weighted by molar-refractivity contribution is 0.0556. The molecule has 0 radical (unpaired) electrons. The Hall–Kier alpha value is -3.38. The van der Waals surface area contributed by atoms with Gasteiger partial charge in [0.1, 0.15) is 0 Å². The molecule has 37 heavy (non-hydrogen) atoms. The first kappa shape index (κ1) is 24.0. The van der Waals surface area contributed by atoms with E-state index in [0.29, 0.717) is 16.1 Å². The van der Waals surface area contributed by atoms with Crippen LogP contribution in [0.25, 0.3) is 0 Å². The quantitative estimate of drug-likeness (QED) is 0.514. The summed E-state index contributed by atoms with van der Waals surface area (Å²) in [6, 6.07) is 17.1. The Morgan fingerprint density at radius 3 is 2.68 bits per heavy atom. The number of anilines is 1. The summed E-state index contributed by atoms with van der Waals surface area (Å²) in [7, 11) is 0. The molecule has 1 N–H and O–H groups in total. The summed E-state index contributed by atoms with van der Waals surface area (Å²) < 4.78 is 0. The first-order chi connectivity index (χ1) is 18.0. The molecule has 3 heterocycles. The lowest BCUT2D eigenvalue weighted by Gasteiger charge is -2.40. The van der Waals surface area contributed by atoms with Crippen molar-refractivity contribution in [3.8, 4) is 0 Å². The van der Waals surface area contributed by atoms with Crippen molar-refractivity contribution in [1.82, 2.24) is 15.2 Å². The van der Waals surface area contributed by atoms with Crippen LogP contribution in [-0.4, -0.2) is 47.9 Å². The van der Waals surface area contributed by atoms with Crippen LogP contribution >= 0.6 is 11.6 Å². The fourth-order valence-electron chi connectivity index (χ4n) is 6.37. The molecule has 2 atom stereocenters. The van der Waals surface area contributed by atoms with Gasteiger partial charge in [-0.15, -0.1) is 0 Å². The molecule has 0 bridgehead atoms. The van der Waals surface area contributed by atoms with E-state index >= 15 is 0 Å². The fourth-order valence-corrected chi connectivity index (χ4v) is 6.60.